The first-order valence-corrected chi connectivity index (χ1v) is 8.68. The van der Waals surface area contributed by atoms with Crippen molar-refractivity contribution in [2.45, 2.75) is 31.6 Å². The van der Waals surface area contributed by atoms with E-state index in [1.54, 1.807) is 12.5 Å². The Balaban J connectivity index is 1.53. The monoisotopic (exact) mass is 396 g/mol. The highest BCUT2D eigenvalue weighted by atomic mass is 19.4. The number of carbonyl (C=O) groups excluding carboxylic acids is 2. The van der Waals surface area contributed by atoms with Crippen LogP contribution in [0.1, 0.15) is 18.4 Å². The van der Waals surface area contributed by atoms with Crippen LogP contribution in [0.4, 0.5) is 18.0 Å². The zero-order valence-corrected chi connectivity index (χ0v) is 14.9. The molecule has 0 spiro atoms. The molecule has 1 aromatic carbocycles. The number of hydrogen-bond acceptors (Lipinski definition) is 4. The van der Waals surface area contributed by atoms with Crippen LogP contribution in [0, 0.1) is 0 Å². The summed E-state index contributed by atoms with van der Waals surface area (Å²) in [5, 5.41) is 2.72. The fraction of sp³-hybridized carbons (Fsp3) is 0.389. The molecule has 0 saturated carbocycles. The maximum absolute atomic E-state index is 12.4. The molecular formula is C18H19F3N4O3. The smallest absolute Gasteiger partial charge is 0.422 e. The van der Waals surface area contributed by atoms with Crippen molar-refractivity contribution < 1.29 is 27.5 Å². The largest absolute Gasteiger partial charge is 0.440 e. The molecule has 1 unspecified atom stereocenters. The zero-order chi connectivity index (χ0) is 20.1. The van der Waals surface area contributed by atoms with Gasteiger partial charge in [0.15, 0.2) is 6.61 Å². The third-order valence-corrected chi connectivity index (χ3v) is 4.35. The number of halogens is 3. The summed E-state index contributed by atoms with van der Waals surface area (Å²) in [7, 11) is 0. The molecule has 0 radical (unpaired) electrons. The molecule has 1 aliphatic heterocycles. The minimum atomic E-state index is -4.60. The minimum Gasteiger partial charge on any atom is -0.440 e. The lowest BCUT2D eigenvalue weighted by Crippen LogP contribution is -2.46. The third kappa shape index (κ3) is 5.02. The second-order valence-corrected chi connectivity index (χ2v) is 6.38. The number of carbonyl (C=O) groups is 2. The normalized spacial score (nSPS) is 16.8. The number of alkyl halides is 3. The lowest BCUT2D eigenvalue weighted by atomic mass is 10.1. The standard InChI is InChI=1S/C18H19F3N4O3/c19-18(20,21)11-28-17(27)25-8-1-2-15(25)16(26)23-10-13-3-5-14(6-4-13)24-9-7-22-12-24/h3-7,9,12,15H,1-2,8,10-11H2,(H,23,26). The Morgan fingerprint density at radius 1 is 1.25 bits per heavy atom. The van der Waals surface area contributed by atoms with Gasteiger partial charge in [0.25, 0.3) is 0 Å². The van der Waals surface area contributed by atoms with E-state index < -0.39 is 30.8 Å². The van der Waals surface area contributed by atoms with Crippen molar-refractivity contribution in [1.29, 1.82) is 0 Å². The van der Waals surface area contributed by atoms with Crippen molar-refractivity contribution in [2.75, 3.05) is 13.2 Å². The molecule has 7 nitrogen and oxygen atoms in total. The van der Waals surface area contributed by atoms with Gasteiger partial charge in [0.1, 0.15) is 6.04 Å². The maximum atomic E-state index is 12.4. The van der Waals surface area contributed by atoms with Crippen LogP contribution >= 0.6 is 0 Å². The van der Waals surface area contributed by atoms with Crippen molar-refractivity contribution in [3.05, 3.63) is 48.5 Å². The molecule has 0 bridgehead atoms. The quantitative estimate of drug-likeness (QED) is 0.843. The summed E-state index contributed by atoms with van der Waals surface area (Å²) >= 11 is 0. The number of hydrogen-bond donors (Lipinski definition) is 1. The maximum Gasteiger partial charge on any atom is 0.422 e. The predicted molar refractivity (Wildman–Crippen MR) is 92.5 cm³/mol. The highest BCUT2D eigenvalue weighted by Gasteiger charge is 2.37. The van der Waals surface area contributed by atoms with Crippen molar-refractivity contribution >= 4 is 12.0 Å². The number of nitrogens with zero attached hydrogens (tertiary/aromatic N) is 3. The second kappa shape index (κ2) is 8.32. The summed E-state index contributed by atoms with van der Waals surface area (Å²) in [5.74, 6) is -0.417. The van der Waals surface area contributed by atoms with Gasteiger partial charge in [-0.2, -0.15) is 13.2 Å². The van der Waals surface area contributed by atoms with E-state index in [0.717, 1.165) is 16.2 Å². The summed E-state index contributed by atoms with van der Waals surface area (Å²) in [6.45, 7) is -1.24. The van der Waals surface area contributed by atoms with E-state index in [-0.39, 0.29) is 13.1 Å². The van der Waals surface area contributed by atoms with Gasteiger partial charge in [0.2, 0.25) is 5.91 Å². The van der Waals surface area contributed by atoms with Gasteiger partial charge in [-0.25, -0.2) is 9.78 Å². The van der Waals surface area contributed by atoms with Crippen LogP contribution in [-0.2, 0) is 16.1 Å². The van der Waals surface area contributed by atoms with Gasteiger partial charge in [0, 0.05) is 31.2 Å². The van der Waals surface area contributed by atoms with Crippen LogP contribution < -0.4 is 5.32 Å². The number of rotatable bonds is 5. The molecule has 2 amide bonds. The molecule has 10 heteroatoms. The molecule has 1 atom stereocenters. The number of nitrogens with one attached hydrogen (secondary N) is 1. The Hall–Kier alpha value is -3.04. The first-order chi connectivity index (χ1) is 13.3. The molecule has 2 aromatic rings. The van der Waals surface area contributed by atoms with E-state index in [0.29, 0.717) is 12.8 Å². The molecule has 1 N–H and O–H groups in total. The van der Waals surface area contributed by atoms with Crippen molar-refractivity contribution in [3.63, 3.8) is 0 Å². The number of benzene rings is 1. The van der Waals surface area contributed by atoms with E-state index >= 15 is 0 Å². The van der Waals surface area contributed by atoms with Crippen molar-refractivity contribution in [2.24, 2.45) is 0 Å². The predicted octanol–water partition coefficient (Wildman–Crippen LogP) is 2.65. The Bertz CT molecular complexity index is 806. The number of aromatic nitrogens is 2. The topological polar surface area (TPSA) is 76.5 Å². The summed E-state index contributed by atoms with van der Waals surface area (Å²) in [5.41, 5.74) is 1.77. The zero-order valence-electron chi connectivity index (χ0n) is 14.9. The number of amides is 2. The molecule has 150 valence electrons. The average Bonchev–Trinajstić information content (AvgIpc) is 3.35. The molecule has 2 heterocycles. The summed E-state index contributed by atoms with van der Waals surface area (Å²) in [6.07, 6.45) is 0.328. The Morgan fingerprint density at radius 2 is 2.00 bits per heavy atom. The van der Waals surface area contributed by atoms with Gasteiger partial charge >= 0.3 is 12.3 Å². The number of imidazole rings is 1. The Labute approximate surface area is 159 Å². The van der Waals surface area contributed by atoms with E-state index in [4.69, 9.17) is 0 Å². The molecule has 1 aliphatic rings. The van der Waals surface area contributed by atoms with E-state index in [1.165, 1.54) is 0 Å². The summed E-state index contributed by atoms with van der Waals surface area (Å²) in [4.78, 5) is 29.3. The number of likely N-dealkylation sites (tertiary alicyclic amines) is 1. The fourth-order valence-corrected chi connectivity index (χ4v) is 2.99. The summed E-state index contributed by atoms with van der Waals surface area (Å²) < 4.78 is 42.7. The summed E-state index contributed by atoms with van der Waals surface area (Å²) in [6, 6.07) is 6.61. The van der Waals surface area contributed by atoms with Gasteiger partial charge in [-0.3, -0.25) is 9.69 Å². The van der Waals surface area contributed by atoms with Gasteiger partial charge < -0.3 is 14.6 Å². The molecule has 28 heavy (non-hydrogen) atoms. The average molecular weight is 396 g/mol. The molecule has 1 aromatic heterocycles. The lowest BCUT2D eigenvalue weighted by Gasteiger charge is -2.23. The SMILES string of the molecule is O=C(NCc1ccc(-n2ccnc2)cc1)C1CCCN1C(=O)OCC(F)(F)F. The lowest BCUT2D eigenvalue weighted by molar-refractivity contribution is -0.162. The second-order valence-electron chi connectivity index (χ2n) is 6.38. The minimum absolute atomic E-state index is 0.189. The van der Waals surface area contributed by atoms with Crippen LogP contribution in [0.3, 0.4) is 0 Å². The van der Waals surface area contributed by atoms with E-state index in [9.17, 15) is 22.8 Å². The van der Waals surface area contributed by atoms with Crippen LogP contribution in [0.15, 0.2) is 43.0 Å². The first-order valence-electron chi connectivity index (χ1n) is 8.68. The molecule has 3 rings (SSSR count). The fourth-order valence-electron chi connectivity index (χ4n) is 2.99. The molecular weight excluding hydrogens is 377 g/mol. The van der Waals surface area contributed by atoms with E-state index in [2.05, 4.69) is 15.0 Å². The van der Waals surface area contributed by atoms with Crippen LogP contribution in [0.2, 0.25) is 0 Å². The molecule has 1 saturated heterocycles. The molecule has 0 aliphatic carbocycles. The Kier molecular flexibility index (Phi) is 5.86. The van der Waals surface area contributed by atoms with Gasteiger partial charge in [-0.15, -0.1) is 0 Å². The van der Waals surface area contributed by atoms with E-state index in [1.807, 2.05) is 35.0 Å². The van der Waals surface area contributed by atoms with Gasteiger partial charge in [-0.05, 0) is 30.5 Å². The van der Waals surface area contributed by atoms with Crippen LogP contribution in [0.5, 0.6) is 0 Å². The van der Waals surface area contributed by atoms with Gasteiger partial charge in [-0.1, -0.05) is 12.1 Å². The third-order valence-electron chi connectivity index (χ3n) is 4.35. The highest BCUT2D eigenvalue weighted by Crippen LogP contribution is 2.21. The highest BCUT2D eigenvalue weighted by molar-refractivity contribution is 5.86. The van der Waals surface area contributed by atoms with Crippen LogP contribution in [0.25, 0.3) is 5.69 Å². The first kappa shape index (κ1) is 19.7. The molecule has 1 fully saturated rings. The van der Waals surface area contributed by atoms with Crippen LogP contribution in [-0.4, -0.2) is 51.8 Å². The van der Waals surface area contributed by atoms with Crippen molar-refractivity contribution in [3.8, 4) is 5.69 Å². The van der Waals surface area contributed by atoms with Crippen molar-refractivity contribution in [1.82, 2.24) is 19.8 Å². The Morgan fingerprint density at radius 3 is 2.64 bits per heavy atom. The van der Waals surface area contributed by atoms with Gasteiger partial charge in [0.05, 0.1) is 6.33 Å². The number of ether oxygens (including phenoxy) is 1.